The maximum Gasteiger partial charge on any atom is 0.125 e. The van der Waals surface area contributed by atoms with Crippen LogP contribution in [-0.4, -0.2) is 31.3 Å². The van der Waals surface area contributed by atoms with E-state index in [-0.39, 0.29) is 5.60 Å². The average Bonchev–Trinajstić information content (AvgIpc) is 2.90. The van der Waals surface area contributed by atoms with Crippen LogP contribution in [0, 0.1) is 0 Å². The lowest BCUT2D eigenvalue weighted by Gasteiger charge is -2.35. The molecule has 0 saturated carbocycles. The van der Waals surface area contributed by atoms with Gasteiger partial charge in [-0.05, 0) is 19.9 Å². The van der Waals surface area contributed by atoms with Crippen LogP contribution in [0.15, 0.2) is 0 Å². The van der Waals surface area contributed by atoms with Gasteiger partial charge in [-0.2, -0.15) is 0 Å². The first kappa shape index (κ1) is 15.9. The maximum absolute atomic E-state index is 6.12. The van der Waals surface area contributed by atoms with Gasteiger partial charge in [0.05, 0.1) is 5.69 Å². The Bertz CT molecular complexity index is 408. The molecule has 5 heteroatoms. The quantitative estimate of drug-likeness (QED) is 0.840. The number of rotatable bonds is 7. The molecular weight excluding hydrogens is 272 g/mol. The van der Waals surface area contributed by atoms with Gasteiger partial charge in [-0.25, -0.2) is 4.98 Å². The molecule has 1 aliphatic rings. The van der Waals surface area contributed by atoms with Crippen LogP contribution in [0.5, 0.6) is 0 Å². The molecule has 20 heavy (non-hydrogen) atoms. The van der Waals surface area contributed by atoms with Gasteiger partial charge in [-0.15, -0.1) is 11.3 Å². The summed E-state index contributed by atoms with van der Waals surface area (Å²) in [5, 5.41) is 4.55. The molecule has 1 saturated heterocycles. The Kier molecular flexibility index (Phi) is 5.96. The van der Waals surface area contributed by atoms with E-state index in [0.717, 1.165) is 57.2 Å². The van der Waals surface area contributed by atoms with E-state index in [1.165, 1.54) is 10.6 Å². The number of ether oxygens (including phenoxy) is 2. The molecule has 0 atom stereocenters. The Morgan fingerprint density at radius 2 is 2.05 bits per heavy atom. The molecule has 1 aliphatic heterocycles. The Morgan fingerprint density at radius 1 is 1.30 bits per heavy atom. The third-order valence-electron chi connectivity index (χ3n) is 3.76. The van der Waals surface area contributed by atoms with Crippen LogP contribution in [0.2, 0.25) is 0 Å². The Labute approximate surface area is 125 Å². The fourth-order valence-corrected chi connectivity index (χ4v) is 3.95. The number of hydrogen-bond donors (Lipinski definition) is 1. The van der Waals surface area contributed by atoms with Gasteiger partial charge in [-0.1, -0.05) is 13.8 Å². The number of aryl methyl sites for hydroxylation is 1. The molecule has 0 amide bonds. The van der Waals surface area contributed by atoms with E-state index >= 15 is 0 Å². The minimum Gasteiger partial charge on any atom is -0.381 e. The highest BCUT2D eigenvalue weighted by molar-refractivity contribution is 7.11. The van der Waals surface area contributed by atoms with E-state index in [1.54, 1.807) is 0 Å². The second-order valence-electron chi connectivity index (χ2n) is 5.06. The monoisotopic (exact) mass is 298 g/mol. The predicted octanol–water partition coefficient (Wildman–Crippen LogP) is 2.86. The highest BCUT2D eigenvalue weighted by Crippen LogP contribution is 2.39. The lowest BCUT2D eigenvalue weighted by Crippen LogP contribution is -2.36. The minimum absolute atomic E-state index is 0.216. The molecule has 4 nitrogen and oxygen atoms in total. The van der Waals surface area contributed by atoms with Gasteiger partial charge in [0.2, 0.25) is 0 Å². The molecular formula is C15H26N2O2S. The van der Waals surface area contributed by atoms with Crippen molar-refractivity contribution in [3.63, 3.8) is 0 Å². The van der Waals surface area contributed by atoms with Crippen molar-refractivity contribution in [2.24, 2.45) is 0 Å². The second kappa shape index (κ2) is 7.50. The lowest BCUT2D eigenvalue weighted by atomic mass is 9.95. The van der Waals surface area contributed by atoms with Gasteiger partial charge in [0.25, 0.3) is 0 Å². The number of hydrogen-bond acceptors (Lipinski definition) is 5. The third kappa shape index (κ3) is 3.39. The van der Waals surface area contributed by atoms with E-state index in [2.05, 4.69) is 26.1 Å². The van der Waals surface area contributed by atoms with Crippen molar-refractivity contribution in [3.8, 4) is 0 Å². The van der Waals surface area contributed by atoms with Gasteiger partial charge in [0.1, 0.15) is 10.6 Å². The highest BCUT2D eigenvalue weighted by Gasteiger charge is 2.38. The molecule has 0 unspecified atom stereocenters. The Balaban J connectivity index is 2.26. The maximum atomic E-state index is 6.12. The van der Waals surface area contributed by atoms with Gasteiger partial charge in [0.15, 0.2) is 0 Å². The van der Waals surface area contributed by atoms with Crippen LogP contribution in [0.25, 0.3) is 0 Å². The normalized spacial score (nSPS) is 18.4. The zero-order valence-electron chi connectivity index (χ0n) is 12.8. The molecule has 1 aromatic rings. The molecule has 0 aromatic carbocycles. The molecule has 1 N–H and O–H groups in total. The predicted molar refractivity (Wildman–Crippen MR) is 82.2 cm³/mol. The molecule has 2 heterocycles. The molecule has 0 radical (unpaired) electrons. The molecule has 0 bridgehead atoms. The molecule has 2 rings (SSSR count). The van der Waals surface area contributed by atoms with E-state index in [4.69, 9.17) is 14.5 Å². The number of aromatic nitrogens is 1. The number of thiazole rings is 1. The molecule has 114 valence electrons. The van der Waals surface area contributed by atoms with Crippen LogP contribution in [0.1, 0.15) is 49.2 Å². The third-order valence-corrected chi connectivity index (χ3v) is 5.04. The summed E-state index contributed by atoms with van der Waals surface area (Å²) in [6.45, 7) is 10.5. The van der Waals surface area contributed by atoms with E-state index in [0.29, 0.717) is 0 Å². The van der Waals surface area contributed by atoms with Crippen molar-refractivity contribution >= 4 is 11.3 Å². The summed E-state index contributed by atoms with van der Waals surface area (Å²) in [5.41, 5.74) is 1.00. The van der Waals surface area contributed by atoms with Crippen molar-refractivity contribution in [1.82, 2.24) is 10.3 Å². The summed E-state index contributed by atoms with van der Waals surface area (Å²) >= 11 is 1.82. The topological polar surface area (TPSA) is 43.4 Å². The summed E-state index contributed by atoms with van der Waals surface area (Å²) in [4.78, 5) is 6.25. The summed E-state index contributed by atoms with van der Waals surface area (Å²) in [6.07, 6.45) is 2.81. The van der Waals surface area contributed by atoms with E-state index in [9.17, 15) is 0 Å². The first-order valence-corrected chi connectivity index (χ1v) is 8.48. The Morgan fingerprint density at radius 3 is 2.65 bits per heavy atom. The summed E-state index contributed by atoms with van der Waals surface area (Å²) in [7, 11) is 0. The van der Waals surface area contributed by atoms with Crippen LogP contribution < -0.4 is 5.32 Å². The van der Waals surface area contributed by atoms with E-state index in [1.807, 2.05) is 11.3 Å². The van der Waals surface area contributed by atoms with Crippen molar-refractivity contribution in [2.75, 3.05) is 26.4 Å². The van der Waals surface area contributed by atoms with Gasteiger partial charge >= 0.3 is 0 Å². The first-order chi connectivity index (χ1) is 9.75. The van der Waals surface area contributed by atoms with E-state index < -0.39 is 0 Å². The number of nitrogens with one attached hydrogen (secondary N) is 1. The first-order valence-electron chi connectivity index (χ1n) is 7.67. The zero-order chi connectivity index (χ0) is 14.4. The smallest absolute Gasteiger partial charge is 0.125 e. The minimum atomic E-state index is -0.216. The lowest BCUT2D eigenvalue weighted by molar-refractivity contribution is -0.112. The van der Waals surface area contributed by atoms with Gasteiger partial charge in [0, 0.05) is 44.1 Å². The SMILES string of the molecule is CCNCc1sc(C2(OCC)CCOCC2)nc1CC. The zero-order valence-corrected chi connectivity index (χ0v) is 13.6. The summed E-state index contributed by atoms with van der Waals surface area (Å²) in [6, 6.07) is 0. The molecule has 0 spiro atoms. The van der Waals surface area contributed by atoms with Crippen molar-refractivity contribution in [1.29, 1.82) is 0 Å². The fourth-order valence-electron chi connectivity index (χ4n) is 2.63. The highest BCUT2D eigenvalue weighted by atomic mass is 32.1. The fraction of sp³-hybridized carbons (Fsp3) is 0.800. The van der Waals surface area contributed by atoms with Crippen molar-refractivity contribution in [3.05, 3.63) is 15.6 Å². The molecule has 1 aromatic heterocycles. The molecule has 0 aliphatic carbocycles. The van der Waals surface area contributed by atoms with Crippen LogP contribution >= 0.6 is 11.3 Å². The second-order valence-corrected chi connectivity index (χ2v) is 6.15. The largest absolute Gasteiger partial charge is 0.381 e. The van der Waals surface area contributed by atoms with Gasteiger partial charge in [-0.3, -0.25) is 0 Å². The standard InChI is InChI=1S/C15H26N2O2S/c1-4-12-13(11-16-5-2)20-14(17-12)15(19-6-3)7-9-18-10-8-15/h16H,4-11H2,1-3H3. The van der Waals surface area contributed by atoms with Crippen molar-refractivity contribution in [2.45, 2.75) is 52.2 Å². The van der Waals surface area contributed by atoms with Gasteiger partial charge < -0.3 is 14.8 Å². The molecule has 1 fully saturated rings. The van der Waals surface area contributed by atoms with Crippen LogP contribution in [0.4, 0.5) is 0 Å². The van der Waals surface area contributed by atoms with Crippen LogP contribution in [0.3, 0.4) is 0 Å². The van der Waals surface area contributed by atoms with Crippen LogP contribution in [-0.2, 0) is 28.0 Å². The Hall–Kier alpha value is -0.490. The summed E-state index contributed by atoms with van der Waals surface area (Å²) < 4.78 is 11.6. The average molecular weight is 298 g/mol. The number of nitrogens with zero attached hydrogens (tertiary/aromatic N) is 1. The van der Waals surface area contributed by atoms with Crippen molar-refractivity contribution < 1.29 is 9.47 Å². The summed E-state index contributed by atoms with van der Waals surface area (Å²) in [5.74, 6) is 0.